The fourth-order valence-corrected chi connectivity index (χ4v) is 3.14. The number of thioether (sulfide) groups is 1. The van der Waals surface area contributed by atoms with Gasteiger partial charge in [-0.1, -0.05) is 11.8 Å². The molecule has 9 heteroatoms. The van der Waals surface area contributed by atoms with Gasteiger partial charge in [0, 0.05) is 5.56 Å². The SMILES string of the molecule is COc1ccc(-c2nnc([C@H](C)Sc3nnnn3C(C)(C)C)o2)cc1. The van der Waals surface area contributed by atoms with E-state index in [4.69, 9.17) is 9.15 Å². The minimum absolute atomic E-state index is 0.0772. The molecule has 0 fully saturated rings. The summed E-state index contributed by atoms with van der Waals surface area (Å²) < 4.78 is 12.8. The zero-order valence-electron chi connectivity index (χ0n) is 14.8. The Labute approximate surface area is 150 Å². The molecule has 0 aliphatic carbocycles. The summed E-state index contributed by atoms with van der Waals surface area (Å²) in [5.41, 5.74) is 0.644. The molecule has 25 heavy (non-hydrogen) atoms. The molecule has 2 heterocycles. The molecule has 132 valence electrons. The lowest BCUT2D eigenvalue weighted by Gasteiger charge is -2.20. The Morgan fingerprint density at radius 2 is 1.84 bits per heavy atom. The Morgan fingerprint density at radius 3 is 2.48 bits per heavy atom. The summed E-state index contributed by atoms with van der Waals surface area (Å²) >= 11 is 1.48. The van der Waals surface area contributed by atoms with E-state index >= 15 is 0 Å². The van der Waals surface area contributed by atoms with Crippen LogP contribution in [0, 0.1) is 0 Å². The number of aromatic nitrogens is 6. The van der Waals surface area contributed by atoms with E-state index in [-0.39, 0.29) is 10.8 Å². The number of hydrogen-bond acceptors (Lipinski definition) is 8. The summed E-state index contributed by atoms with van der Waals surface area (Å²) in [6, 6.07) is 7.48. The van der Waals surface area contributed by atoms with Crippen LogP contribution in [0.25, 0.3) is 11.5 Å². The van der Waals surface area contributed by atoms with Crippen molar-refractivity contribution in [2.24, 2.45) is 0 Å². The normalized spacial score (nSPS) is 13.0. The van der Waals surface area contributed by atoms with Crippen molar-refractivity contribution in [1.29, 1.82) is 0 Å². The van der Waals surface area contributed by atoms with Crippen LogP contribution < -0.4 is 4.74 Å². The standard InChI is InChI=1S/C16H20N6O2S/c1-10(25-15-19-20-21-22(15)16(2,3)4)13-17-18-14(24-13)11-6-8-12(23-5)9-7-11/h6-10H,1-5H3/t10-/m0/s1. The Kier molecular flexibility index (Phi) is 4.76. The first-order chi connectivity index (χ1) is 11.9. The number of ether oxygens (including phenoxy) is 1. The predicted octanol–water partition coefficient (Wildman–Crippen LogP) is 3.34. The molecular weight excluding hydrogens is 340 g/mol. The van der Waals surface area contributed by atoms with Gasteiger partial charge in [0.15, 0.2) is 0 Å². The molecule has 1 atom stereocenters. The molecule has 0 radical (unpaired) electrons. The number of nitrogens with zero attached hydrogens (tertiary/aromatic N) is 6. The van der Waals surface area contributed by atoms with Gasteiger partial charge in [0.1, 0.15) is 5.75 Å². The van der Waals surface area contributed by atoms with Gasteiger partial charge in [-0.15, -0.1) is 15.3 Å². The minimum Gasteiger partial charge on any atom is -0.497 e. The summed E-state index contributed by atoms with van der Waals surface area (Å²) in [5, 5.41) is 20.9. The maximum absolute atomic E-state index is 5.82. The maximum atomic E-state index is 5.82. The average Bonchev–Trinajstić information content (AvgIpc) is 3.23. The van der Waals surface area contributed by atoms with Gasteiger partial charge in [-0.2, -0.15) is 0 Å². The van der Waals surface area contributed by atoms with Crippen LogP contribution in [-0.2, 0) is 5.54 Å². The Balaban J connectivity index is 1.77. The van der Waals surface area contributed by atoms with E-state index in [9.17, 15) is 0 Å². The van der Waals surface area contributed by atoms with Crippen LogP contribution >= 0.6 is 11.8 Å². The van der Waals surface area contributed by atoms with Gasteiger partial charge >= 0.3 is 0 Å². The first-order valence-corrected chi connectivity index (χ1v) is 8.70. The predicted molar refractivity (Wildman–Crippen MR) is 93.4 cm³/mol. The summed E-state index contributed by atoms with van der Waals surface area (Å²) in [6.45, 7) is 8.13. The van der Waals surface area contributed by atoms with E-state index in [0.717, 1.165) is 11.3 Å². The van der Waals surface area contributed by atoms with E-state index in [1.54, 1.807) is 11.8 Å². The van der Waals surface area contributed by atoms with Crippen molar-refractivity contribution in [3.8, 4) is 17.2 Å². The quantitative estimate of drug-likeness (QED) is 0.640. The second kappa shape index (κ2) is 6.83. The van der Waals surface area contributed by atoms with Crippen molar-refractivity contribution >= 4 is 11.8 Å². The van der Waals surface area contributed by atoms with Gasteiger partial charge in [-0.25, -0.2) is 4.68 Å². The van der Waals surface area contributed by atoms with Crippen molar-refractivity contribution in [3.05, 3.63) is 30.2 Å². The van der Waals surface area contributed by atoms with E-state index in [2.05, 4.69) is 25.7 Å². The summed E-state index contributed by atoms with van der Waals surface area (Å²) in [7, 11) is 1.63. The molecule has 0 bridgehead atoms. The number of methoxy groups -OCH3 is 1. The molecule has 0 spiro atoms. The molecule has 3 rings (SSSR count). The van der Waals surface area contributed by atoms with Crippen molar-refractivity contribution in [2.45, 2.75) is 43.6 Å². The van der Waals surface area contributed by atoms with Gasteiger partial charge in [-0.3, -0.25) is 0 Å². The van der Waals surface area contributed by atoms with Crippen LogP contribution in [0.3, 0.4) is 0 Å². The van der Waals surface area contributed by atoms with Crippen molar-refractivity contribution in [3.63, 3.8) is 0 Å². The number of tetrazole rings is 1. The summed E-state index contributed by atoms with van der Waals surface area (Å²) in [4.78, 5) is 0. The van der Waals surface area contributed by atoms with E-state index in [1.807, 2.05) is 52.0 Å². The summed E-state index contributed by atoms with van der Waals surface area (Å²) in [6.07, 6.45) is 0. The van der Waals surface area contributed by atoms with E-state index < -0.39 is 0 Å². The van der Waals surface area contributed by atoms with Crippen molar-refractivity contribution < 1.29 is 9.15 Å². The van der Waals surface area contributed by atoms with E-state index in [1.165, 1.54) is 11.8 Å². The fourth-order valence-electron chi connectivity index (χ4n) is 2.13. The van der Waals surface area contributed by atoms with Gasteiger partial charge in [-0.05, 0) is 62.4 Å². The second-order valence-electron chi connectivity index (χ2n) is 6.48. The van der Waals surface area contributed by atoms with Crippen LogP contribution in [0.1, 0.15) is 38.8 Å². The van der Waals surface area contributed by atoms with Crippen molar-refractivity contribution in [1.82, 2.24) is 30.4 Å². The van der Waals surface area contributed by atoms with Crippen LogP contribution in [0.4, 0.5) is 0 Å². The zero-order chi connectivity index (χ0) is 18.0. The molecule has 3 aromatic rings. The molecule has 2 aromatic heterocycles. The van der Waals surface area contributed by atoms with Gasteiger partial charge in [0.05, 0.1) is 17.9 Å². The first-order valence-electron chi connectivity index (χ1n) is 7.82. The third-order valence-electron chi connectivity index (χ3n) is 3.48. The van der Waals surface area contributed by atoms with Crippen LogP contribution in [0.15, 0.2) is 33.8 Å². The molecule has 0 unspecified atom stereocenters. The minimum atomic E-state index is -0.200. The van der Waals surface area contributed by atoms with E-state index in [0.29, 0.717) is 16.9 Å². The molecule has 8 nitrogen and oxygen atoms in total. The lowest BCUT2D eigenvalue weighted by molar-refractivity contribution is 0.320. The molecule has 0 N–H and O–H groups in total. The zero-order valence-corrected chi connectivity index (χ0v) is 15.6. The van der Waals surface area contributed by atoms with Gasteiger partial charge < -0.3 is 9.15 Å². The highest BCUT2D eigenvalue weighted by molar-refractivity contribution is 7.99. The lowest BCUT2D eigenvalue weighted by atomic mass is 10.1. The number of rotatable bonds is 5. The average molecular weight is 360 g/mol. The number of hydrogen-bond donors (Lipinski definition) is 0. The van der Waals surface area contributed by atoms with Crippen LogP contribution in [-0.4, -0.2) is 37.5 Å². The molecule has 0 aliphatic heterocycles. The highest BCUT2D eigenvalue weighted by Crippen LogP contribution is 2.35. The topological polar surface area (TPSA) is 91.8 Å². The highest BCUT2D eigenvalue weighted by Gasteiger charge is 2.24. The third-order valence-corrected chi connectivity index (χ3v) is 4.50. The van der Waals surface area contributed by atoms with Crippen molar-refractivity contribution in [2.75, 3.05) is 7.11 Å². The maximum Gasteiger partial charge on any atom is 0.247 e. The van der Waals surface area contributed by atoms with Crippen LogP contribution in [0.5, 0.6) is 5.75 Å². The van der Waals surface area contributed by atoms with Gasteiger partial charge in [0.2, 0.25) is 16.9 Å². The third kappa shape index (κ3) is 3.81. The molecule has 0 aliphatic rings. The highest BCUT2D eigenvalue weighted by atomic mass is 32.2. The Bertz CT molecular complexity index is 837. The fraction of sp³-hybridized carbons (Fsp3) is 0.438. The number of benzene rings is 1. The Morgan fingerprint density at radius 1 is 1.12 bits per heavy atom. The largest absolute Gasteiger partial charge is 0.497 e. The smallest absolute Gasteiger partial charge is 0.247 e. The molecule has 0 saturated carbocycles. The molecular formula is C16H20N6O2S. The first kappa shape index (κ1) is 17.4. The van der Waals surface area contributed by atoms with Gasteiger partial charge in [0.25, 0.3) is 0 Å². The molecule has 0 saturated heterocycles. The monoisotopic (exact) mass is 360 g/mol. The molecule has 0 amide bonds. The van der Waals surface area contributed by atoms with Crippen LogP contribution in [0.2, 0.25) is 0 Å². The molecule has 1 aromatic carbocycles. The lowest BCUT2D eigenvalue weighted by Crippen LogP contribution is -2.24. The Hall–Kier alpha value is -2.42. The second-order valence-corrected chi connectivity index (χ2v) is 7.79. The summed E-state index contributed by atoms with van der Waals surface area (Å²) in [5.74, 6) is 1.78.